The molecule has 1 aromatic heterocycles. The maximum Gasteiger partial charge on any atom is 0.137 e. The summed E-state index contributed by atoms with van der Waals surface area (Å²) in [6.45, 7) is 9.41. The Labute approximate surface area is 754 Å². The zero-order valence-corrected chi connectivity index (χ0v) is 72.6. The van der Waals surface area contributed by atoms with Gasteiger partial charge in [0.05, 0.1) is 11.4 Å². The van der Waals surface area contributed by atoms with Crippen LogP contribution in [-0.2, 0) is 10.8 Å². The molecule has 0 N–H and O–H groups in total. The number of hydrogen-bond acceptors (Lipinski definition) is 4. The molecular weight excluding hydrogens is 1570 g/mol. The van der Waals surface area contributed by atoms with Gasteiger partial charge in [-0.15, -0.1) is 0 Å². The lowest BCUT2D eigenvalue weighted by molar-refractivity contribution is 0.660. The highest BCUT2D eigenvalue weighted by Gasteiger charge is 2.38. The highest BCUT2D eigenvalue weighted by molar-refractivity contribution is 6.29. The molecule has 2 aliphatic carbocycles. The molecule has 130 heavy (non-hydrogen) atoms. The first-order valence-corrected chi connectivity index (χ1v) is 45.3. The fourth-order valence-electron chi connectivity index (χ4n) is 22.0. The van der Waals surface area contributed by atoms with Gasteiger partial charge in [-0.2, -0.15) is 0 Å². The van der Waals surface area contributed by atoms with Crippen molar-refractivity contribution in [3.05, 3.63) is 477 Å². The third-order valence-electron chi connectivity index (χ3n) is 28.2. The zero-order chi connectivity index (χ0) is 86.5. The molecule has 0 saturated heterocycles. The van der Waals surface area contributed by atoms with Crippen LogP contribution in [-0.4, -0.2) is 0 Å². The summed E-state index contributed by atoms with van der Waals surface area (Å²) < 4.78 is 6.32. The highest BCUT2D eigenvalue weighted by atomic mass is 16.3. The molecule has 0 amide bonds. The minimum Gasteiger partial charge on any atom is -0.456 e. The first kappa shape index (κ1) is 76.1. The molecule has 0 bridgehead atoms. The van der Waals surface area contributed by atoms with Crippen LogP contribution in [0.4, 0.5) is 51.2 Å². The molecule has 0 atom stereocenters. The Morgan fingerprint density at radius 1 is 0.162 bits per heavy atom. The van der Waals surface area contributed by atoms with Crippen LogP contribution in [0.1, 0.15) is 49.9 Å². The summed E-state index contributed by atoms with van der Waals surface area (Å²) in [5.74, 6) is 0. The van der Waals surface area contributed by atoms with E-state index in [0.29, 0.717) is 0 Å². The molecule has 0 spiro atoms. The molecule has 27 rings (SSSR count). The number of hydrogen-bond donors (Lipinski definition) is 0. The van der Waals surface area contributed by atoms with E-state index in [1.807, 2.05) is 12.1 Å². The molecular formula is C126H87N3O. The van der Waals surface area contributed by atoms with Crippen LogP contribution in [0.5, 0.6) is 0 Å². The van der Waals surface area contributed by atoms with Gasteiger partial charge in [0, 0.05) is 78.3 Å². The molecule has 2 aliphatic rings. The Hall–Kier alpha value is -16.4. The predicted octanol–water partition coefficient (Wildman–Crippen LogP) is 35.8. The van der Waals surface area contributed by atoms with Gasteiger partial charge < -0.3 is 19.1 Å². The topological polar surface area (TPSA) is 22.9 Å². The van der Waals surface area contributed by atoms with Gasteiger partial charge in [-0.25, -0.2) is 0 Å². The molecule has 0 aliphatic heterocycles. The lowest BCUT2D eigenvalue weighted by atomic mass is 9.82. The summed E-state index contributed by atoms with van der Waals surface area (Å²) in [5.41, 5.74) is 22.9. The van der Waals surface area contributed by atoms with Crippen LogP contribution in [0, 0.1) is 0 Å². The van der Waals surface area contributed by atoms with Gasteiger partial charge >= 0.3 is 0 Å². The Kier molecular flexibility index (Phi) is 17.7. The molecule has 0 fully saturated rings. The van der Waals surface area contributed by atoms with E-state index in [9.17, 15) is 0 Å². The van der Waals surface area contributed by atoms with E-state index in [0.717, 1.165) is 56.1 Å². The predicted molar refractivity (Wildman–Crippen MR) is 556 cm³/mol. The van der Waals surface area contributed by atoms with Crippen LogP contribution >= 0.6 is 0 Å². The van der Waals surface area contributed by atoms with Crippen LogP contribution < -0.4 is 14.7 Å². The average molecular weight is 1660 g/mol. The van der Waals surface area contributed by atoms with E-state index in [2.05, 4.69) is 485 Å². The molecule has 24 aromatic carbocycles. The minimum atomic E-state index is -0.0685. The number of nitrogens with zero attached hydrogens (tertiary/aromatic N) is 3. The molecule has 1 heterocycles. The number of anilines is 9. The van der Waals surface area contributed by atoms with Gasteiger partial charge in [-0.05, 0) is 266 Å². The van der Waals surface area contributed by atoms with Crippen molar-refractivity contribution in [2.75, 3.05) is 14.7 Å². The first-order valence-electron chi connectivity index (χ1n) is 45.3. The normalized spacial score (nSPS) is 12.9. The van der Waals surface area contributed by atoms with E-state index in [1.165, 1.54) is 191 Å². The van der Waals surface area contributed by atoms with Crippen molar-refractivity contribution in [2.24, 2.45) is 0 Å². The van der Waals surface area contributed by atoms with Gasteiger partial charge in [0.15, 0.2) is 0 Å². The van der Waals surface area contributed by atoms with Crippen molar-refractivity contribution in [3.63, 3.8) is 0 Å². The monoisotopic (exact) mass is 1660 g/mol. The van der Waals surface area contributed by atoms with Crippen molar-refractivity contribution in [1.82, 2.24) is 0 Å². The number of benzene rings is 24. The van der Waals surface area contributed by atoms with E-state index in [4.69, 9.17) is 4.42 Å². The summed E-state index contributed by atoms with van der Waals surface area (Å²) in [5, 5.41) is 33.0. The van der Waals surface area contributed by atoms with Crippen molar-refractivity contribution < 1.29 is 4.42 Å². The van der Waals surface area contributed by atoms with Gasteiger partial charge in [0.1, 0.15) is 11.2 Å². The molecule has 612 valence electrons. The average Bonchev–Trinajstić information content (AvgIpc) is 1.43. The van der Waals surface area contributed by atoms with Gasteiger partial charge in [0.2, 0.25) is 0 Å². The third-order valence-corrected chi connectivity index (χ3v) is 28.2. The van der Waals surface area contributed by atoms with Crippen LogP contribution in [0.25, 0.3) is 173 Å². The second-order valence-corrected chi connectivity index (χ2v) is 36.1. The summed E-state index contributed by atoms with van der Waals surface area (Å²) in [4.78, 5) is 7.19. The smallest absolute Gasteiger partial charge is 0.137 e. The highest BCUT2D eigenvalue weighted by Crippen LogP contribution is 2.55. The van der Waals surface area contributed by atoms with Crippen LogP contribution in [0.15, 0.2) is 459 Å². The Morgan fingerprint density at radius 2 is 0.462 bits per heavy atom. The summed E-state index contributed by atoms with van der Waals surface area (Å²) in [7, 11) is 0. The van der Waals surface area contributed by atoms with Crippen LogP contribution in [0.3, 0.4) is 0 Å². The third kappa shape index (κ3) is 12.2. The number of para-hydroxylation sites is 4. The first-order chi connectivity index (χ1) is 64.0. The fourth-order valence-corrected chi connectivity index (χ4v) is 22.0. The quantitative estimate of drug-likeness (QED) is 0.134. The number of fused-ring (bicyclic) bond motifs is 30. The standard InChI is InChI=1S/2C43H31N.C40H25NO/c1-43(2)39-17-9-8-15-34(39)35-26-22-31(27-40(35)43)44(30-12-4-3-5-13-30)41-18-10-16-37-36(41)24-21-29-20-23-33-32-14-7-6-11-28(32)19-25-38(33)42(29)37;1-43(2)40-15-9-8-14-37(40)38-25-21-33(27-41(38)43)44(31-11-4-3-5-12-31)32-20-24-35-30(26-32)17-16-29-19-22-36-34-13-7-6-10-28(34)18-23-39(36)42(29)35;1-2-10-28(11-3-1)41(29-20-24-34-33-13-6-7-16-38(33)42-39(34)25-29)37-15-8-14-35-32(37)22-19-27-18-21-31-30-12-5-4-9-26(30)17-23-36(31)40(27)35/h2*3-27H,1-2H3;1-25H. The van der Waals surface area contributed by atoms with E-state index >= 15 is 0 Å². The summed E-state index contributed by atoms with van der Waals surface area (Å²) in [6.07, 6.45) is 0. The number of rotatable bonds is 9. The lowest BCUT2D eigenvalue weighted by Crippen LogP contribution is -2.16. The van der Waals surface area contributed by atoms with E-state index in [-0.39, 0.29) is 10.8 Å². The Morgan fingerprint density at radius 3 is 0.938 bits per heavy atom. The van der Waals surface area contributed by atoms with Crippen molar-refractivity contribution in [2.45, 2.75) is 38.5 Å². The fraction of sp³-hybridized carbons (Fsp3) is 0.0476. The van der Waals surface area contributed by atoms with Gasteiger partial charge in [0.25, 0.3) is 0 Å². The molecule has 0 unspecified atom stereocenters. The molecule has 4 heteroatoms. The van der Waals surface area contributed by atoms with E-state index < -0.39 is 0 Å². The maximum atomic E-state index is 6.32. The molecule has 0 saturated carbocycles. The molecule has 25 aromatic rings. The zero-order valence-electron chi connectivity index (χ0n) is 72.6. The number of furan rings is 1. The van der Waals surface area contributed by atoms with Crippen molar-refractivity contribution in [3.8, 4) is 22.3 Å². The Bertz CT molecular complexity index is 8960. The lowest BCUT2D eigenvalue weighted by Gasteiger charge is -2.29. The minimum absolute atomic E-state index is 0.0577. The molecule has 4 nitrogen and oxygen atoms in total. The Balaban J connectivity index is 0.000000105. The summed E-state index contributed by atoms with van der Waals surface area (Å²) in [6, 6.07) is 166. The van der Waals surface area contributed by atoms with Crippen LogP contribution in [0.2, 0.25) is 0 Å². The SMILES string of the molecule is CC1(C)c2ccccc2-c2ccc(N(c3ccccc3)c3ccc4c(ccc5ccc6c7ccccc7ccc6c54)c3)cc21.CC1(C)c2ccccc2-c2ccc(N(c3ccccc3)c3cccc4c3ccc3ccc5c6ccccc6ccc5c34)cc21.c1ccc(N(c2ccc3c(c2)oc2ccccc23)c2cccc3c2ccc2ccc4c5ccccc5ccc4c23)cc1. The van der Waals surface area contributed by atoms with E-state index in [1.54, 1.807) is 0 Å². The largest absolute Gasteiger partial charge is 0.456 e. The van der Waals surface area contributed by atoms with Crippen molar-refractivity contribution in [1.29, 1.82) is 0 Å². The molecule has 0 radical (unpaired) electrons. The maximum absolute atomic E-state index is 6.32. The summed E-state index contributed by atoms with van der Waals surface area (Å²) >= 11 is 0. The second-order valence-electron chi connectivity index (χ2n) is 36.1. The van der Waals surface area contributed by atoms with Gasteiger partial charge in [-0.1, -0.05) is 373 Å². The second kappa shape index (κ2) is 30.2. The van der Waals surface area contributed by atoms with Crippen molar-refractivity contribution >= 4 is 202 Å². The van der Waals surface area contributed by atoms with Gasteiger partial charge in [-0.3, -0.25) is 0 Å².